The Morgan fingerprint density at radius 1 is 1.29 bits per heavy atom. The number of hydrogen-bond donors (Lipinski definition) is 1. The number of halogens is 4. The molecule has 134 valence electrons. The van der Waals surface area contributed by atoms with Gasteiger partial charge in [0.2, 0.25) is 0 Å². The third-order valence-corrected chi connectivity index (χ3v) is 4.48. The van der Waals surface area contributed by atoms with E-state index >= 15 is 0 Å². The highest BCUT2D eigenvalue weighted by Gasteiger charge is 2.36. The molecule has 24 heavy (non-hydrogen) atoms. The van der Waals surface area contributed by atoms with Crippen molar-refractivity contribution in [3.63, 3.8) is 0 Å². The zero-order valence-electron chi connectivity index (χ0n) is 13.5. The summed E-state index contributed by atoms with van der Waals surface area (Å²) in [5.74, 6) is -2.05. The van der Waals surface area contributed by atoms with Crippen molar-refractivity contribution in [1.29, 1.82) is 0 Å². The van der Waals surface area contributed by atoms with Crippen LogP contribution >= 0.6 is 0 Å². The van der Waals surface area contributed by atoms with Crippen molar-refractivity contribution in [2.24, 2.45) is 0 Å². The molecule has 1 aromatic carbocycles. The highest BCUT2D eigenvalue weighted by atomic mass is 19.4. The summed E-state index contributed by atoms with van der Waals surface area (Å²) in [6.07, 6.45) is -3.43. The Kier molecular flexibility index (Phi) is 5.49. The quantitative estimate of drug-likeness (QED) is 0.851. The molecule has 8 heteroatoms. The number of rotatable bonds is 4. The highest BCUT2D eigenvalue weighted by Crippen LogP contribution is 2.32. The van der Waals surface area contributed by atoms with Gasteiger partial charge in [-0.3, -0.25) is 4.79 Å². The van der Waals surface area contributed by atoms with Crippen LogP contribution in [0.15, 0.2) is 18.2 Å². The van der Waals surface area contributed by atoms with Crippen LogP contribution in [-0.2, 0) is 10.9 Å². The summed E-state index contributed by atoms with van der Waals surface area (Å²) in [6.45, 7) is 1.40. The molecule has 1 heterocycles. The van der Waals surface area contributed by atoms with Gasteiger partial charge in [0.05, 0.1) is 5.56 Å². The zero-order chi connectivity index (χ0) is 18.0. The molecule has 0 saturated carbocycles. The van der Waals surface area contributed by atoms with Crippen LogP contribution in [0.3, 0.4) is 0 Å². The van der Waals surface area contributed by atoms with Gasteiger partial charge in [0.15, 0.2) is 0 Å². The topological polar surface area (TPSA) is 41.6 Å². The number of carbonyl (C=O) groups excluding carboxylic acids is 1. The number of carbonyl (C=O) groups is 1. The predicted molar refractivity (Wildman–Crippen MR) is 80.2 cm³/mol. The van der Waals surface area contributed by atoms with Gasteiger partial charge in [-0.25, -0.2) is 4.39 Å². The maximum absolute atomic E-state index is 13.3. The van der Waals surface area contributed by atoms with E-state index in [4.69, 9.17) is 4.74 Å². The number of likely N-dealkylation sites (N-methyl/N-ethyl adjacent to an activating group) is 1. The number of hydrogen-bond acceptors (Lipinski definition) is 3. The van der Waals surface area contributed by atoms with Crippen LogP contribution < -0.4 is 5.32 Å². The molecule has 0 bridgehead atoms. The van der Waals surface area contributed by atoms with Gasteiger partial charge in [-0.15, -0.1) is 0 Å². The third-order valence-electron chi connectivity index (χ3n) is 4.48. The summed E-state index contributed by atoms with van der Waals surface area (Å²) in [6, 6.07) is 2.25. The molecular weight excluding hydrogens is 328 g/mol. The summed E-state index contributed by atoms with van der Waals surface area (Å²) in [7, 11) is 3.77. The van der Waals surface area contributed by atoms with E-state index in [1.165, 1.54) is 0 Å². The van der Waals surface area contributed by atoms with Gasteiger partial charge in [0, 0.05) is 30.9 Å². The summed E-state index contributed by atoms with van der Waals surface area (Å²) in [5, 5.41) is 2.66. The van der Waals surface area contributed by atoms with E-state index in [-0.39, 0.29) is 17.6 Å². The van der Waals surface area contributed by atoms with E-state index in [2.05, 4.69) is 5.32 Å². The van der Waals surface area contributed by atoms with Gasteiger partial charge >= 0.3 is 6.18 Å². The zero-order valence-corrected chi connectivity index (χ0v) is 13.5. The summed E-state index contributed by atoms with van der Waals surface area (Å²) < 4.78 is 56.9. The molecule has 0 atom stereocenters. The van der Waals surface area contributed by atoms with Gasteiger partial charge in [0.25, 0.3) is 5.91 Å². The molecule has 1 N–H and O–H groups in total. The van der Waals surface area contributed by atoms with Crippen molar-refractivity contribution in [3.05, 3.63) is 35.1 Å². The first kappa shape index (κ1) is 18.7. The van der Waals surface area contributed by atoms with Crippen LogP contribution in [0.4, 0.5) is 17.6 Å². The van der Waals surface area contributed by atoms with Crippen LogP contribution in [0, 0.1) is 5.82 Å². The molecule has 2 rings (SSSR count). The van der Waals surface area contributed by atoms with Crippen molar-refractivity contribution in [2.45, 2.75) is 24.6 Å². The monoisotopic (exact) mass is 348 g/mol. The molecule has 0 aliphatic carbocycles. The molecular formula is C16H20F4N2O2. The van der Waals surface area contributed by atoms with Gasteiger partial charge in [0.1, 0.15) is 5.82 Å². The minimum absolute atomic E-state index is 0.218. The minimum Gasteiger partial charge on any atom is -0.381 e. The summed E-state index contributed by atoms with van der Waals surface area (Å²) >= 11 is 0. The molecule has 1 aliphatic heterocycles. The third kappa shape index (κ3) is 4.05. The normalized spacial score (nSPS) is 17.8. The Labute approximate surface area is 137 Å². The Hall–Kier alpha value is -1.67. The minimum atomic E-state index is -4.84. The standard InChI is InChI=1S/C16H20F4N2O2/c1-22(2)15(5-7-24-8-6-15)10-21-14(23)11-3-4-13(17)12(9-11)16(18,19)20/h3-4,9H,5-8,10H2,1-2H3,(H,21,23). The van der Waals surface area contributed by atoms with Crippen molar-refractivity contribution in [2.75, 3.05) is 33.9 Å². The maximum atomic E-state index is 13.3. The van der Waals surface area contributed by atoms with Crippen molar-refractivity contribution >= 4 is 5.91 Å². The fourth-order valence-electron chi connectivity index (χ4n) is 2.76. The van der Waals surface area contributed by atoms with E-state index in [1.54, 1.807) is 0 Å². The van der Waals surface area contributed by atoms with E-state index in [9.17, 15) is 22.4 Å². The largest absolute Gasteiger partial charge is 0.419 e. The molecule has 0 aromatic heterocycles. The Balaban J connectivity index is 2.12. The molecule has 1 aromatic rings. The molecule has 1 amide bonds. The first-order valence-corrected chi connectivity index (χ1v) is 7.56. The molecule has 1 saturated heterocycles. The molecule has 1 aliphatic rings. The lowest BCUT2D eigenvalue weighted by Crippen LogP contribution is -2.55. The first-order chi connectivity index (χ1) is 11.2. The first-order valence-electron chi connectivity index (χ1n) is 7.56. The van der Waals surface area contributed by atoms with Crippen LogP contribution in [0.5, 0.6) is 0 Å². The van der Waals surface area contributed by atoms with Gasteiger partial charge in [-0.2, -0.15) is 13.2 Å². The second kappa shape index (κ2) is 7.06. The molecule has 0 unspecified atom stereocenters. The predicted octanol–water partition coefficient (Wildman–Crippen LogP) is 2.69. The fraction of sp³-hybridized carbons (Fsp3) is 0.562. The van der Waals surface area contributed by atoms with E-state index in [0.29, 0.717) is 38.2 Å². The van der Waals surface area contributed by atoms with Crippen LogP contribution in [-0.4, -0.2) is 50.2 Å². The second-order valence-electron chi connectivity index (χ2n) is 6.11. The number of amides is 1. The van der Waals surface area contributed by atoms with Gasteiger partial charge < -0.3 is 15.0 Å². The Morgan fingerprint density at radius 3 is 2.46 bits per heavy atom. The van der Waals surface area contributed by atoms with E-state index in [0.717, 1.165) is 6.07 Å². The highest BCUT2D eigenvalue weighted by molar-refractivity contribution is 5.94. The van der Waals surface area contributed by atoms with Crippen molar-refractivity contribution < 1.29 is 27.1 Å². The maximum Gasteiger partial charge on any atom is 0.419 e. The van der Waals surface area contributed by atoms with Crippen molar-refractivity contribution in [1.82, 2.24) is 10.2 Å². The molecule has 4 nitrogen and oxygen atoms in total. The van der Waals surface area contributed by atoms with Gasteiger partial charge in [-0.1, -0.05) is 0 Å². The lowest BCUT2D eigenvalue weighted by atomic mass is 9.88. The van der Waals surface area contributed by atoms with Crippen LogP contribution in [0.2, 0.25) is 0 Å². The van der Waals surface area contributed by atoms with Gasteiger partial charge in [-0.05, 0) is 45.1 Å². The molecule has 0 radical (unpaired) electrons. The lowest BCUT2D eigenvalue weighted by molar-refractivity contribution is -0.140. The molecule has 0 spiro atoms. The smallest absolute Gasteiger partial charge is 0.381 e. The lowest BCUT2D eigenvalue weighted by Gasteiger charge is -2.42. The Morgan fingerprint density at radius 2 is 1.92 bits per heavy atom. The van der Waals surface area contributed by atoms with Crippen LogP contribution in [0.25, 0.3) is 0 Å². The van der Waals surface area contributed by atoms with Crippen molar-refractivity contribution in [3.8, 4) is 0 Å². The SMILES string of the molecule is CN(C)C1(CNC(=O)c2ccc(F)c(C(F)(F)F)c2)CCOCC1. The van der Waals surface area contributed by atoms with E-state index in [1.807, 2.05) is 19.0 Å². The summed E-state index contributed by atoms with van der Waals surface area (Å²) in [4.78, 5) is 14.2. The summed E-state index contributed by atoms with van der Waals surface area (Å²) in [5.41, 5.74) is -1.96. The average Bonchev–Trinajstić information content (AvgIpc) is 2.52. The number of nitrogens with one attached hydrogen (secondary N) is 1. The fourth-order valence-corrected chi connectivity index (χ4v) is 2.76. The number of alkyl halides is 3. The average molecular weight is 348 g/mol. The number of nitrogens with zero attached hydrogens (tertiary/aromatic N) is 1. The number of benzene rings is 1. The van der Waals surface area contributed by atoms with Crippen LogP contribution in [0.1, 0.15) is 28.8 Å². The molecule has 1 fully saturated rings. The Bertz CT molecular complexity index is 596. The number of ether oxygens (including phenoxy) is 1. The van der Waals surface area contributed by atoms with E-state index < -0.39 is 23.5 Å². The second-order valence-corrected chi connectivity index (χ2v) is 6.11.